The number of aromatic nitrogens is 3. The van der Waals surface area contributed by atoms with E-state index in [-0.39, 0.29) is 42.5 Å². The van der Waals surface area contributed by atoms with Gasteiger partial charge in [0.05, 0.1) is 38.7 Å². The number of Topliss-reactive ketones (excluding diaryl/α,β-unsaturated/α-hetero) is 2. The standard InChI is InChI=1S/C33H59N5O8/c1-27(2)10-5-7-15-34-33(42)26-46-23-20-43-18-9-11-30(39)25-45-22-21-44-19-16-35-32(41)12-6-8-17-38-24-29(36-37-38)13-14-31(40)28(3)4/h24,27-28H,5-23,25-26H2,1-4H3,(H,34,42)(H,35,41). The summed E-state index contributed by atoms with van der Waals surface area (Å²) in [6, 6.07) is 0. The van der Waals surface area contributed by atoms with Crippen LogP contribution in [0.2, 0.25) is 0 Å². The molecule has 0 saturated heterocycles. The zero-order valence-electron chi connectivity index (χ0n) is 28.7. The normalized spacial score (nSPS) is 11.3. The van der Waals surface area contributed by atoms with Crippen LogP contribution < -0.4 is 10.6 Å². The monoisotopic (exact) mass is 653 g/mol. The van der Waals surface area contributed by atoms with Crippen LogP contribution in [0, 0.1) is 11.8 Å². The van der Waals surface area contributed by atoms with E-state index in [1.54, 1.807) is 4.68 Å². The molecule has 1 aromatic heterocycles. The molecule has 1 rings (SSSR count). The van der Waals surface area contributed by atoms with E-state index in [4.69, 9.17) is 18.9 Å². The third kappa shape index (κ3) is 24.5. The van der Waals surface area contributed by atoms with E-state index in [2.05, 4.69) is 34.8 Å². The molecule has 0 spiro atoms. The summed E-state index contributed by atoms with van der Waals surface area (Å²) in [5.41, 5.74) is 0.811. The molecule has 0 radical (unpaired) electrons. The molecule has 1 heterocycles. The van der Waals surface area contributed by atoms with Gasteiger partial charge in [0, 0.05) is 64.0 Å². The fourth-order valence-electron chi connectivity index (χ4n) is 4.20. The minimum Gasteiger partial charge on any atom is -0.379 e. The highest BCUT2D eigenvalue weighted by atomic mass is 16.5. The number of ketones is 2. The van der Waals surface area contributed by atoms with Gasteiger partial charge in [-0.05, 0) is 31.6 Å². The number of carbonyl (C=O) groups excluding carboxylic acids is 4. The van der Waals surface area contributed by atoms with E-state index in [1.807, 2.05) is 20.0 Å². The van der Waals surface area contributed by atoms with Gasteiger partial charge in [0.1, 0.15) is 19.0 Å². The minimum absolute atomic E-state index is 0.000402. The predicted molar refractivity (Wildman–Crippen MR) is 174 cm³/mol. The molecule has 0 atom stereocenters. The smallest absolute Gasteiger partial charge is 0.245 e. The zero-order valence-corrected chi connectivity index (χ0v) is 28.7. The second kappa shape index (κ2) is 27.4. The summed E-state index contributed by atoms with van der Waals surface area (Å²) in [7, 11) is 0. The quantitative estimate of drug-likeness (QED) is 0.114. The number of aryl methyl sites for hydroxylation is 2. The van der Waals surface area contributed by atoms with Crippen molar-refractivity contribution < 1.29 is 38.1 Å². The van der Waals surface area contributed by atoms with Gasteiger partial charge in [-0.2, -0.15) is 0 Å². The van der Waals surface area contributed by atoms with E-state index in [0.29, 0.717) is 97.3 Å². The molecule has 0 bridgehead atoms. The maximum Gasteiger partial charge on any atom is 0.245 e. The van der Waals surface area contributed by atoms with Gasteiger partial charge in [-0.1, -0.05) is 45.7 Å². The fraction of sp³-hybridized carbons (Fsp3) is 0.818. The van der Waals surface area contributed by atoms with E-state index in [9.17, 15) is 19.2 Å². The Morgan fingerprint density at radius 2 is 1.41 bits per heavy atom. The van der Waals surface area contributed by atoms with Crippen LogP contribution in [0.25, 0.3) is 0 Å². The molecule has 46 heavy (non-hydrogen) atoms. The Hall–Kier alpha value is -2.74. The van der Waals surface area contributed by atoms with Crippen molar-refractivity contribution in [3.8, 4) is 0 Å². The van der Waals surface area contributed by atoms with Crippen molar-refractivity contribution in [1.29, 1.82) is 0 Å². The van der Waals surface area contributed by atoms with Gasteiger partial charge in [-0.3, -0.25) is 23.9 Å². The Balaban J connectivity index is 1.85. The molecule has 0 fully saturated rings. The molecular formula is C33H59N5O8. The number of unbranched alkanes of at least 4 members (excludes halogenated alkanes) is 2. The second-order valence-electron chi connectivity index (χ2n) is 12.1. The van der Waals surface area contributed by atoms with Crippen LogP contribution in [0.1, 0.15) is 91.2 Å². The number of ether oxygens (including phenoxy) is 4. The van der Waals surface area contributed by atoms with E-state index in [1.165, 1.54) is 6.42 Å². The van der Waals surface area contributed by atoms with Crippen molar-refractivity contribution in [2.45, 2.75) is 98.4 Å². The Bertz CT molecular complexity index is 970. The van der Waals surface area contributed by atoms with Gasteiger partial charge in [0.25, 0.3) is 0 Å². The number of amides is 2. The minimum atomic E-state index is -0.112. The number of hydrogen-bond acceptors (Lipinski definition) is 10. The maximum atomic E-state index is 12.0. The van der Waals surface area contributed by atoms with E-state index >= 15 is 0 Å². The van der Waals surface area contributed by atoms with Crippen molar-refractivity contribution in [3.05, 3.63) is 11.9 Å². The maximum absolute atomic E-state index is 12.0. The van der Waals surface area contributed by atoms with Gasteiger partial charge >= 0.3 is 0 Å². The average Bonchev–Trinajstić information content (AvgIpc) is 3.47. The predicted octanol–water partition coefficient (Wildman–Crippen LogP) is 3.08. The number of hydrogen-bond donors (Lipinski definition) is 2. The van der Waals surface area contributed by atoms with Crippen LogP contribution in [0.4, 0.5) is 0 Å². The lowest BCUT2D eigenvalue weighted by molar-refractivity contribution is -0.126. The first-order valence-electron chi connectivity index (χ1n) is 16.9. The highest BCUT2D eigenvalue weighted by Crippen LogP contribution is 2.06. The summed E-state index contributed by atoms with van der Waals surface area (Å²) in [5, 5.41) is 13.9. The van der Waals surface area contributed by atoms with Gasteiger partial charge < -0.3 is 29.6 Å². The van der Waals surface area contributed by atoms with E-state index < -0.39 is 0 Å². The summed E-state index contributed by atoms with van der Waals surface area (Å²) in [6.07, 6.45) is 9.12. The Kier molecular flexibility index (Phi) is 24.6. The van der Waals surface area contributed by atoms with Crippen LogP contribution in [0.15, 0.2) is 6.20 Å². The molecule has 0 aliphatic rings. The summed E-state index contributed by atoms with van der Waals surface area (Å²) in [4.78, 5) is 47.4. The lowest BCUT2D eigenvalue weighted by Crippen LogP contribution is -2.29. The van der Waals surface area contributed by atoms with Crippen LogP contribution in [0.3, 0.4) is 0 Å². The molecular weight excluding hydrogens is 594 g/mol. The lowest BCUT2D eigenvalue weighted by atomic mass is 10.0. The second-order valence-corrected chi connectivity index (χ2v) is 12.1. The van der Waals surface area contributed by atoms with Crippen molar-refractivity contribution in [2.75, 3.05) is 65.9 Å². The third-order valence-electron chi connectivity index (χ3n) is 6.98. The highest BCUT2D eigenvalue weighted by molar-refractivity contribution is 5.80. The average molecular weight is 654 g/mol. The largest absolute Gasteiger partial charge is 0.379 e. The fourth-order valence-corrected chi connectivity index (χ4v) is 4.20. The number of rotatable bonds is 31. The lowest BCUT2D eigenvalue weighted by Gasteiger charge is -2.08. The molecule has 0 aliphatic heterocycles. The van der Waals surface area contributed by atoms with Crippen LogP contribution in [-0.2, 0) is 51.1 Å². The Labute approximate surface area is 275 Å². The molecule has 0 unspecified atom stereocenters. The van der Waals surface area contributed by atoms with Gasteiger partial charge in [-0.15, -0.1) is 5.10 Å². The van der Waals surface area contributed by atoms with Crippen molar-refractivity contribution in [2.24, 2.45) is 11.8 Å². The molecule has 13 nitrogen and oxygen atoms in total. The molecule has 2 amide bonds. The Morgan fingerprint density at radius 1 is 0.717 bits per heavy atom. The number of carbonyl (C=O) groups is 4. The van der Waals surface area contributed by atoms with Crippen LogP contribution in [0.5, 0.6) is 0 Å². The van der Waals surface area contributed by atoms with Crippen molar-refractivity contribution in [3.63, 3.8) is 0 Å². The first kappa shape index (κ1) is 41.3. The molecule has 0 aromatic carbocycles. The highest BCUT2D eigenvalue weighted by Gasteiger charge is 2.10. The summed E-state index contributed by atoms with van der Waals surface area (Å²) < 4.78 is 23.3. The van der Waals surface area contributed by atoms with Gasteiger partial charge in [-0.25, -0.2) is 0 Å². The molecule has 1 aromatic rings. The summed E-state index contributed by atoms with van der Waals surface area (Å²) >= 11 is 0. The van der Waals surface area contributed by atoms with Crippen molar-refractivity contribution in [1.82, 2.24) is 25.6 Å². The third-order valence-corrected chi connectivity index (χ3v) is 6.98. The van der Waals surface area contributed by atoms with Crippen LogP contribution >= 0.6 is 0 Å². The summed E-state index contributed by atoms with van der Waals surface area (Å²) in [5.74, 6) is 0.805. The Morgan fingerprint density at radius 3 is 2.15 bits per heavy atom. The van der Waals surface area contributed by atoms with Gasteiger partial charge in [0.2, 0.25) is 11.8 Å². The molecule has 0 saturated carbocycles. The first-order valence-corrected chi connectivity index (χ1v) is 16.9. The van der Waals surface area contributed by atoms with Crippen LogP contribution in [-0.4, -0.2) is 104 Å². The van der Waals surface area contributed by atoms with Crippen molar-refractivity contribution >= 4 is 23.4 Å². The zero-order chi connectivity index (χ0) is 33.8. The molecule has 264 valence electrons. The molecule has 0 aliphatic carbocycles. The SMILES string of the molecule is CC(C)CCCCNC(=O)COCCOCCCC(=O)COCCOCCNC(=O)CCCCn1cc(CCC(=O)C(C)C)nn1. The molecule has 13 heteroatoms. The van der Waals surface area contributed by atoms with E-state index in [0.717, 1.165) is 31.4 Å². The number of nitrogens with one attached hydrogen (secondary N) is 2. The summed E-state index contributed by atoms with van der Waals surface area (Å²) in [6.45, 7) is 12.2. The number of nitrogens with zero attached hydrogens (tertiary/aromatic N) is 3. The molecule has 2 N–H and O–H groups in total. The first-order chi connectivity index (χ1) is 22.2. The topological polar surface area (TPSA) is 160 Å². The van der Waals surface area contributed by atoms with Gasteiger partial charge in [0.15, 0.2) is 5.78 Å².